The maximum Gasteiger partial charge on any atom is 0.0238 e. The molecular formula is C13H21N. The Morgan fingerprint density at radius 3 is 2.36 bits per heavy atom. The summed E-state index contributed by atoms with van der Waals surface area (Å²) >= 11 is 0. The van der Waals surface area contributed by atoms with Crippen molar-refractivity contribution in [3.63, 3.8) is 0 Å². The minimum absolute atomic E-state index is 0.625. The van der Waals surface area contributed by atoms with Gasteiger partial charge < -0.3 is 0 Å². The summed E-state index contributed by atoms with van der Waals surface area (Å²) in [5, 5.41) is 0. The molecular weight excluding hydrogens is 170 g/mol. The average molecular weight is 191 g/mol. The van der Waals surface area contributed by atoms with Crippen molar-refractivity contribution in [3.8, 4) is 0 Å². The van der Waals surface area contributed by atoms with Gasteiger partial charge in [-0.3, -0.25) is 4.90 Å². The van der Waals surface area contributed by atoms with Crippen LogP contribution < -0.4 is 0 Å². The minimum Gasteiger partial charge on any atom is -0.297 e. The molecule has 1 heteroatoms. The van der Waals surface area contributed by atoms with Crippen molar-refractivity contribution < 1.29 is 0 Å². The summed E-state index contributed by atoms with van der Waals surface area (Å²) in [7, 11) is 0. The van der Waals surface area contributed by atoms with Gasteiger partial charge in [0.1, 0.15) is 0 Å². The zero-order chi connectivity index (χ0) is 10.6. The Balaban J connectivity index is 2.72. The predicted molar refractivity (Wildman–Crippen MR) is 62.4 cm³/mol. The maximum atomic E-state index is 2.47. The molecule has 0 N–H and O–H groups in total. The van der Waals surface area contributed by atoms with Crippen molar-refractivity contribution in [3.05, 3.63) is 35.4 Å². The predicted octanol–water partition coefficient (Wildman–Crippen LogP) is 3.23. The first-order valence-electron chi connectivity index (χ1n) is 5.43. The van der Waals surface area contributed by atoms with Gasteiger partial charge in [0.15, 0.2) is 0 Å². The van der Waals surface area contributed by atoms with E-state index >= 15 is 0 Å². The van der Waals surface area contributed by atoms with E-state index in [1.807, 2.05) is 0 Å². The third kappa shape index (κ3) is 2.85. The largest absolute Gasteiger partial charge is 0.297 e. The van der Waals surface area contributed by atoms with Crippen LogP contribution in [0.2, 0.25) is 0 Å². The third-order valence-corrected chi connectivity index (χ3v) is 2.77. The van der Waals surface area contributed by atoms with E-state index in [1.165, 1.54) is 11.1 Å². The summed E-state index contributed by atoms with van der Waals surface area (Å²) in [6, 6.07) is 9.25. The Hall–Kier alpha value is -0.820. The second kappa shape index (κ2) is 5.16. The van der Waals surface area contributed by atoms with E-state index in [-0.39, 0.29) is 0 Å². The highest BCUT2D eigenvalue weighted by atomic mass is 15.1. The molecule has 0 radical (unpaired) electrons. The Morgan fingerprint density at radius 2 is 1.86 bits per heavy atom. The van der Waals surface area contributed by atoms with Crippen LogP contribution >= 0.6 is 0 Å². The van der Waals surface area contributed by atoms with Gasteiger partial charge >= 0.3 is 0 Å². The van der Waals surface area contributed by atoms with Crippen LogP contribution in [-0.2, 0) is 6.54 Å². The van der Waals surface area contributed by atoms with Crippen molar-refractivity contribution in [2.24, 2.45) is 0 Å². The van der Waals surface area contributed by atoms with Crippen molar-refractivity contribution in [1.29, 1.82) is 0 Å². The van der Waals surface area contributed by atoms with Gasteiger partial charge in [0.2, 0.25) is 0 Å². The van der Waals surface area contributed by atoms with E-state index in [2.05, 4.69) is 56.9 Å². The van der Waals surface area contributed by atoms with Crippen LogP contribution in [0.25, 0.3) is 0 Å². The molecule has 0 spiro atoms. The van der Waals surface area contributed by atoms with Gasteiger partial charge in [-0.2, -0.15) is 0 Å². The smallest absolute Gasteiger partial charge is 0.0238 e. The number of rotatable bonds is 4. The number of hydrogen-bond donors (Lipinski definition) is 0. The number of benzene rings is 1. The van der Waals surface area contributed by atoms with Crippen molar-refractivity contribution in [2.75, 3.05) is 6.54 Å². The molecule has 14 heavy (non-hydrogen) atoms. The average Bonchev–Trinajstić information content (AvgIpc) is 2.16. The van der Waals surface area contributed by atoms with Gasteiger partial charge in [-0.1, -0.05) is 31.2 Å². The van der Waals surface area contributed by atoms with Crippen LogP contribution in [0.1, 0.15) is 31.9 Å². The van der Waals surface area contributed by atoms with Crippen molar-refractivity contribution in [2.45, 2.75) is 40.3 Å². The fourth-order valence-electron chi connectivity index (χ4n) is 1.67. The molecule has 0 aromatic heterocycles. The van der Waals surface area contributed by atoms with Gasteiger partial charge in [-0.25, -0.2) is 0 Å². The molecule has 78 valence electrons. The van der Waals surface area contributed by atoms with E-state index in [4.69, 9.17) is 0 Å². The van der Waals surface area contributed by atoms with Crippen molar-refractivity contribution >= 4 is 0 Å². The lowest BCUT2D eigenvalue weighted by Gasteiger charge is -2.25. The number of hydrogen-bond acceptors (Lipinski definition) is 1. The molecule has 0 aliphatic heterocycles. The second-order valence-corrected chi connectivity index (χ2v) is 4.08. The fraction of sp³-hybridized carbons (Fsp3) is 0.538. The Labute approximate surface area is 87.7 Å². The molecule has 1 nitrogen and oxygen atoms in total. The molecule has 1 aromatic rings. The topological polar surface area (TPSA) is 3.24 Å². The van der Waals surface area contributed by atoms with Crippen LogP contribution in [-0.4, -0.2) is 17.5 Å². The molecule has 0 heterocycles. The highest BCUT2D eigenvalue weighted by molar-refractivity contribution is 5.25. The molecule has 1 aromatic carbocycles. The molecule has 0 fully saturated rings. The maximum absolute atomic E-state index is 2.47. The SMILES string of the molecule is CCN(Cc1ccccc1C)C(C)C. The Kier molecular flexibility index (Phi) is 4.15. The van der Waals surface area contributed by atoms with Gasteiger partial charge in [-0.05, 0) is 38.4 Å². The fourth-order valence-corrected chi connectivity index (χ4v) is 1.67. The molecule has 0 saturated carbocycles. The van der Waals surface area contributed by atoms with Gasteiger partial charge in [-0.15, -0.1) is 0 Å². The first-order chi connectivity index (χ1) is 6.65. The first kappa shape index (κ1) is 11.3. The lowest BCUT2D eigenvalue weighted by Crippen LogP contribution is -2.30. The standard InChI is InChI=1S/C13H21N/c1-5-14(11(2)3)10-13-9-7-6-8-12(13)4/h6-9,11H,5,10H2,1-4H3. The zero-order valence-electron chi connectivity index (χ0n) is 9.75. The highest BCUT2D eigenvalue weighted by Crippen LogP contribution is 2.11. The van der Waals surface area contributed by atoms with E-state index in [9.17, 15) is 0 Å². The second-order valence-electron chi connectivity index (χ2n) is 4.08. The van der Waals surface area contributed by atoms with Crippen LogP contribution in [0.4, 0.5) is 0 Å². The molecule has 0 aliphatic rings. The summed E-state index contributed by atoms with van der Waals surface area (Å²) in [4.78, 5) is 2.47. The van der Waals surface area contributed by atoms with E-state index in [1.54, 1.807) is 0 Å². The first-order valence-corrected chi connectivity index (χ1v) is 5.43. The highest BCUT2D eigenvalue weighted by Gasteiger charge is 2.08. The number of nitrogens with zero attached hydrogens (tertiary/aromatic N) is 1. The minimum atomic E-state index is 0.625. The van der Waals surface area contributed by atoms with Gasteiger partial charge in [0.05, 0.1) is 0 Å². The monoisotopic (exact) mass is 191 g/mol. The van der Waals surface area contributed by atoms with E-state index in [0.29, 0.717) is 6.04 Å². The third-order valence-electron chi connectivity index (χ3n) is 2.77. The zero-order valence-corrected chi connectivity index (χ0v) is 9.75. The van der Waals surface area contributed by atoms with Crippen LogP contribution in [0.3, 0.4) is 0 Å². The van der Waals surface area contributed by atoms with Crippen LogP contribution in [0.5, 0.6) is 0 Å². The Morgan fingerprint density at radius 1 is 1.21 bits per heavy atom. The van der Waals surface area contributed by atoms with E-state index in [0.717, 1.165) is 13.1 Å². The molecule has 0 unspecified atom stereocenters. The van der Waals surface area contributed by atoms with Crippen molar-refractivity contribution in [1.82, 2.24) is 4.90 Å². The number of aryl methyl sites for hydroxylation is 1. The lowest BCUT2D eigenvalue weighted by atomic mass is 10.1. The van der Waals surface area contributed by atoms with Gasteiger partial charge in [0.25, 0.3) is 0 Å². The molecule has 0 saturated heterocycles. The summed E-state index contributed by atoms with van der Waals surface area (Å²) in [5.41, 5.74) is 2.84. The summed E-state index contributed by atoms with van der Waals surface area (Å²) in [6.45, 7) is 11.1. The summed E-state index contributed by atoms with van der Waals surface area (Å²) < 4.78 is 0. The van der Waals surface area contributed by atoms with Gasteiger partial charge in [0, 0.05) is 12.6 Å². The molecule has 0 amide bonds. The molecule has 0 atom stereocenters. The summed E-state index contributed by atoms with van der Waals surface area (Å²) in [5.74, 6) is 0. The molecule has 0 bridgehead atoms. The summed E-state index contributed by atoms with van der Waals surface area (Å²) in [6.07, 6.45) is 0. The van der Waals surface area contributed by atoms with Crippen LogP contribution in [0, 0.1) is 6.92 Å². The molecule has 0 aliphatic carbocycles. The quantitative estimate of drug-likeness (QED) is 0.706. The molecule has 1 rings (SSSR count). The van der Waals surface area contributed by atoms with Crippen LogP contribution in [0.15, 0.2) is 24.3 Å². The lowest BCUT2D eigenvalue weighted by molar-refractivity contribution is 0.224. The van der Waals surface area contributed by atoms with E-state index < -0.39 is 0 Å². The Bertz CT molecular complexity index is 278. The normalized spacial score (nSPS) is 11.3.